The maximum Gasteiger partial charge on any atom is 0.359 e. The summed E-state index contributed by atoms with van der Waals surface area (Å²) in [6.07, 6.45) is 0. The van der Waals surface area contributed by atoms with E-state index >= 15 is 0 Å². The molecule has 0 fully saturated rings. The molecular weight excluding hydrogens is 339 g/mol. The molecule has 0 aliphatic heterocycles. The lowest BCUT2D eigenvalue weighted by molar-refractivity contribution is 0.0595. The van der Waals surface area contributed by atoms with Crippen LogP contribution in [0.15, 0.2) is 46.9 Å². The number of carbonyl (C=O) groups excluding carboxylic acids is 1. The molecule has 21 heavy (non-hydrogen) atoms. The van der Waals surface area contributed by atoms with Crippen LogP contribution in [0, 0.1) is 5.82 Å². The van der Waals surface area contributed by atoms with Crippen LogP contribution in [0.4, 0.5) is 4.39 Å². The highest BCUT2D eigenvalue weighted by molar-refractivity contribution is 9.10. The smallest absolute Gasteiger partial charge is 0.359 e. The zero-order valence-corrected chi connectivity index (χ0v) is 12.6. The van der Waals surface area contributed by atoms with Crippen LogP contribution in [0.5, 0.6) is 0 Å². The van der Waals surface area contributed by atoms with E-state index in [1.807, 2.05) is 24.3 Å². The van der Waals surface area contributed by atoms with Gasteiger partial charge in [-0.05, 0) is 30.3 Å². The predicted molar refractivity (Wildman–Crippen MR) is 80.1 cm³/mol. The van der Waals surface area contributed by atoms with Crippen LogP contribution < -0.4 is 0 Å². The Bertz CT molecular complexity index is 845. The summed E-state index contributed by atoms with van der Waals surface area (Å²) in [5.41, 5.74) is 1.39. The molecule has 0 amide bonds. The summed E-state index contributed by atoms with van der Waals surface area (Å²) in [7, 11) is 1.29. The summed E-state index contributed by atoms with van der Waals surface area (Å²) in [4.78, 5) is 11.8. The number of halogens is 2. The number of rotatable bonds is 2. The number of hydrogen-bond acceptors (Lipinski definition) is 3. The normalized spacial score (nSPS) is 10.8. The Morgan fingerprint density at radius 1 is 1.29 bits per heavy atom. The molecule has 1 aromatic heterocycles. The number of benzene rings is 2. The van der Waals surface area contributed by atoms with E-state index in [4.69, 9.17) is 4.74 Å². The largest absolute Gasteiger partial charge is 0.464 e. The number of nitrogens with zero attached hydrogens (tertiary/aromatic N) is 2. The maximum absolute atomic E-state index is 13.5. The van der Waals surface area contributed by atoms with Gasteiger partial charge < -0.3 is 4.74 Å². The minimum atomic E-state index is -0.555. The lowest BCUT2D eigenvalue weighted by atomic mass is 10.2. The van der Waals surface area contributed by atoms with E-state index in [9.17, 15) is 9.18 Å². The van der Waals surface area contributed by atoms with Crippen LogP contribution in [0.1, 0.15) is 10.5 Å². The average Bonchev–Trinajstić information content (AvgIpc) is 2.85. The Morgan fingerprint density at radius 2 is 2.10 bits per heavy atom. The third-order valence-electron chi connectivity index (χ3n) is 3.07. The fourth-order valence-corrected chi connectivity index (χ4v) is 2.53. The number of aromatic nitrogens is 2. The van der Waals surface area contributed by atoms with E-state index in [0.717, 1.165) is 10.2 Å². The lowest BCUT2D eigenvalue weighted by Crippen LogP contribution is -2.04. The first kappa shape index (κ1) is 13.8. The predicted octanol–water partition coefficient (Wildman–Crippen LogP) is 3.71. The molecular formula is C15H10BrFN2O2. The second kappa shape index (κ2) is 5.29. The van der Waals surface area contributed by atoms with Gasteiger partial charge in [0.2, 0.25) is 0 Å². The third kappa shape index (κ3) is 2.42. The first-order valence-electron chi connectivity index (χ1n) is 6.12. The minimum Gasteiger partial charge on any atom is -0.464 e. The SMILES string of the molecule is COC(=O)c1nn(-c2cccc(Br)c2)c2cc(F)ccc12. The monoisotopic (exact) mass is 348 g/mol. The summed E-state index contributed by atoms with van der Waals surface area (Å²) < 4.78 is 20.7. The standard InChI is InChI=1S/C15H10BrFN2O2/c1-21-15(20)14-12-6-5-10(17)8-13(12)19(18-14)11-4-2-3-9(16)7-11/h2-8H,1H3. The lowest BCUT2D eigenvalue weighted by Gasteiger charge is -2.03. The van der Waals surface area contributed by atoms with Crippen molar-refractivity contribution in [2.45, 2.75) is 0 Å². The average molecular weight is 349 g/mol. The van der Waals surface area contributed by atoms with E-state index in [-0.39, 0.29) is 5.69 Å². The fourth-order valence-electron chi connectivity index (χ4n) is 2.14. The molecule has 0 saturated carbocycles. The van der Waals surface area contributed by atoms with E-state index in [2.05, 4.69) is 21.0 Å². The van der Waals surface area contributed by atoms with Gasteiger partial charge in [0.15, 0.2) is 5.69 Å². The summed E-state index contributed by atoms with van der Waals surface area (Å²) in [5.74, 6) is -0.949. The highest BCUT2D eigenvalue weighted by atomic mass is 79.9. The first-order valence-corrected chi connectivity index (χ1v) is 6.92. The van der Waals surface area contributed by atoms with Crippen molar-refractivity contribution >= 4 is 32.8 Å². The van der Waals surface area contributed by atoms with Crippen LogP contribution in [-0.4, -0.2) is 22.9 Å². The molecule has 0 N–H and O–H groups in total. The Kier molecular flexibility index (Phi) is 3.47. The zero-order valence-electron chi connectivity index (χ0n) is 11.0. The van der Waals surface area contributed by atoms with E-state index in [0.29, 0.717) is 10.9 Å². The van der Waals surface area contributed by atoms with Crippen molar-refractivity contribution in [2.24, 2.45) is 0 Å². The van der Waals surface area contributed by atoms with Gasteiger partial charge in [-0.15, -0.1) is 0 Å². The highest BCUT2D eigenvalue weighted by Crippen LogP contribution is 2.25. The maximum atomic E-state index is 13.5. The van der Waals surface area contributed by atoms with Gasteiger partial charge in [-0.25, -0.2) is 13.9 Å². The van der Waals surface area contributed by atoms with Gasteiger partial charge in [-0.2, -0.15) is 5.10 Å². The van der Waals surface area contributed by atoms with Crippen molar-refractivity contribution < 1.29 is 13.9 Å². The van der Waals surface area contributed by atoms with Gasteiger partial charge in [-0.1, -0.05) is 22.0 Å². The van der Waals surface area contributed by atoms with Gasteiger partial charge in [0.1, 0.15) is 5.82 Å². The third-order valence-corrected chi connectivity index (χ3v) is 3.57. The number of ether oxygens (including phenoxy) is 1. The van der Waals surface area contributed by atoms with Gasteiger partial charge in [0.25, 0.3) is 0 Å². The Morgan fingerprint density at radius 3 is 2.81 bits per heavy atom. The number of hydrogen-bond donors (Lipinski definition) is 0. The summed E-state index contributed by atoms with van der Waals surface area (Å²) in [5, 5.41) is 4.81. The molecule has 1 heterocycles. The van der Waals surface area contributed by atoms with Crippen LogP contribution >= 0.6 is 15.9 Å². The first-order chi connectivity index (χ1) is 10.1. The van der Waals surface area contributed by atoms with Crippen molar-refractivity contribution in [1.82, 2.24) is 9.78 Å². The molecule has 0 aliphatic rings. The van der Waals surface area contributed by atoms with Crippen LogP contribution in [0.2, 0.25) is 0 Å². The van der Waals surface area contributed by atoms with Gasteiger partial charge in [0, 0.05) is 15.9 Å². The van der Waals surface area contributed by atoms with E-state index in [1.165, 1.54) is 30.0 Å². The van der Waals surface area contributed by atoms with Crippen molar-refractivity contribution in [3.8, 4) is 5.69 Å². The number of methoxy groups -OCH3 is 1. The molecule has 0 atom stereocenters. The van der Waals surface area contributed by atoms with Crippen molar-refractivity contribution in [1.29, 1.82) is 0 Å². The Hall–Kier alpha value is -2.21. The number of fused-ring (bicyclic) bond motifs is 1. The summed E-state index contributed by atoms with van der Waals surface area (Å²) in [6.45, 7) is 0. The second-order valence-corrected chi connectivity index (χ2v) is 5.31. The molecule has 6 heteroatoms. The van der Waals surface area contributed by atoms with Crippen molar-refractivity contribution in [3.63, 3.8) is 0 Å². The van der Waals surface area contributed by atoms with Crippen LogP contribution in [-0.2, 0) is 4.74 Å². The van der Waals surface area contributed by atoms with Gasteiger partial charge in [0.05, 0.1) is 18.3 Å². The molecule has 0 saturated heterocycles. The van der Waals surface area contributed by atoms with E-state index < -0.39 is 11.8 Å². The number of esters is 1. The Balaban J connectivity index is 2.32. The van der Waals surface area contributed by atoms with Crippen molar-refractivity contribution in [3.05, 3.63) is 58.4 Å². The highest BCUT2D eigenvalue weighted by Gasteiger charge is 2.19. The topological polar surface area (TPSA) is 44.1 Å². The van der Waals surface area contributed by atoms with Gasteiger partial charge in [-0.3, -0.25) is 0 Å². The summed E-state index contributed by atoms with van der Waals surface area (Å²) in [6, 6.07) is 11.5. The molecule has 0 radical (unpaired) electrons. The molecule has 3 aromatic rings. The molecule has 0 bridgehead atoms. The molecule has 4 nitrogen and oxygen atoms in total. The quantitative estimate of drug-likeness (QED) is 0.663. The molecule has 0 spiro atoms. The fraction of sp³-hybridized carbons (Fsp3) is 0.0667. The van der Waals surface area contributed by atoms with Crippen molar-refractivity contribution in [2.75, 3.05) is 7.11 Å². The van der Waals surface area contributed by atoms with E-state index in [1.54, 1.807) is 0 Å². The van der Waals surface area contributed by atoms with Crippen LogP contribution in [0.3, 0.4) is 0 Å². The molecule has 106 valence electrons. The number of carbonyl (C=O) groups is 1. The summed E-state index contributed by atoms with van der Waals surface area (Å²) >= 11 is 3.38. The minimum absolute atomic E-state index is 0.160. The van der Waals surface area contributed by atoms with Gasteiger partial charge >= 0.3 is 5.97 Å². The molecule has 2 aromatic carbocycles. The Labute approximate surface area is 128 Å². The zero-order chi connectivity index (χ0) is 15.0. The molecule has 0 unspecified atom stereocenters. The van der Waals surface area contributed by atoms with Crippen LogP contribution in [0.25, 0.3) is 16.6 Å². The second-order valence-electron chi connectivity index (χ2n) is 4.39. The molecule has 3 rings (SSSR count). The molecule has 0 aliphatic carbocycles.